The molecule has 0 bridgehead atoms. The van der Waals surface area contributed by atoms with Crippen LogP contribution in [0.3, 0.4) is 0 Å². The Morgan fingerprint density at radius 3 is 1.55 bits per heavy atom. The fraction of sp³-hybridized carbons (Fsp3) is 0.556. The summed E-state index contributed by atoms with van der Waals surface area (Å²) < 4.78 is 11.3. The van der Waals surface area contributed by atoms with Crippen molar-refractivity contribution in [3.05, 3.63) is 58.7 Å². The molecule has 0 aliphatic heterocycles. The molecule has 0 aliphatic carbocycles. The minimum atomic E-state index is 0.0986. The standard InChI is InChI=1S/C27H40O2/c1-9-27(5,6)23-17-15-21(19-25(23)29-8)13-11-10-12-20-14-16-22(26(2,3)4)24(18-20)28-7/h14-19H,9-13H2,1-8H3. The highest BCUT2D eigenvalue weighted by molar-refractivity contribution is 5.43. The first kappa shape index (κ1) is 23.3. The maximum Gasteiger partial charge on any atom is 0.122 e. The molecule has 2 heteroatoms. The molecule has 2 rings (SSSR count). The third kappa shape index (κ3) is 6.01. The van der Waals surface area contributed by atoms with Gasteiger partial charge < -0.3 is 9.47 Å². The van der Waals surface area contributed by atoms with E-state index >= 15 is 0 Å². The van der Waals surface area contributed by atoms with Gasteiger partial charge in [0.05, 0.1) is 14.2 Å². The van der Waals surface area contributed by atoms with Crippen molar-refractivity contribution in [3.63, 3.8) is 0 Å². The van der Waals surface area contributed by atoms with Gasteiger partial charge in [0.1, 0.15) is 11.5 Å². The molecule has 0 fully saturated rings. The van der Waals surface area contributed by atoms with Crippen molar-refractivity contribution >= 4 is 0 Å². The number of methoxy groups -OCH3 is 2. The lowest BCUT2D eigenvalue weighted by molar-refractivity contribution is 0.388. The van der Waals surface area contributed by atoms with E-state index in [-0.39, 0.29) is 10.8 Å². The van der Waals surface area contributed by atoms with Crippen LogP contribution in [0, 0.1) is 0 Å². The summed E-state index contributed by atoms with van der Waals surface area (Å²) in [5.74, 6) is 2.03. The van der Waals surface area contributed by atoms with Crippen LogP contribution >= 0.6 is 0 Å². The maximum absolute atomic E-state index is 5.70. The van der Waals surface area contributed by atoms with E-state index in [1.807, 2.05) is 0 Å². The Labute approximate surface area is 178 Å². The number of aryl methyl sites for hydroxylation is 2. The second-order valence-electron chi connectivity index (χ2n) is 9.76. The summed E-state index contributed by atoms with van der Waals surface area (Å²) in [7, 11) is 3.55. The molecule has 2 aromatic carbocycles. The largest absolute Gasteiger partial charge is 0.496 e. The number of ether oxygens (including phenoxy) is 2. The van der Waals surface area contributed by atoms with Crippen molar-refractivity contribution in [2.45, 2.75) is 84.5 Å². The van der Waals surface area contributed by atoms with Gasteiger partial charge in [0, 0.05) is 0 Å². The zero-order chi connectivity index (χ0) is 21.7. The fourth-order valence-corrected chi connectivity index (χ4v) is 3.81. The lowest BCUT2D eigenvalue weighted by Gasteiger charge is -2.26. The summed E-state index contributed by atoms with van der Waals surface area (Å²) in [6.07, 6.45) is 5.60. The van der Waals surface area contributed by atoms with Gasteiger partial charge in [-0.1, -0.05) is 65.8 Å². The fourth-order valence-electron chi connectivity index (χ4n) is 3.81. The minimum absolute atomic E-state index is 0.0986. The maximum atomic E-state index is 5.70. The number of rotatable bonds is 9. The van der Waals surface area contributed by atoms with Gasteiger partial charge in [0.25, 0.3) is 0 Å². The van der Waals surface area contributed by atoms with Crippen LogP contribution in [0.15, 0.2) is 36.4 Å². The lowest BCUT2D eigenvalue weighted by atomic mass is 9.81. The van der Waals surface area contributed by atoms with Crippen LogP contribution in [0.1, 0.15) is 83.1 Å². The van der Waals surface area contributed by atoms with E-state index in [4.69, 9.17) is 9.47 Å². The highest BCUT2D eigenvalue weighted by Gasteiger charge is 2.22. The molecule has 0 radical (unpaired) electrons. The van der Waals surface area contributed by atoms with E-state index in [1.54, 1.807) is 14.2 Å². The van der Waals surface area contributed by atoms with E-state index < -0.39 is 0 Å². The smallest absolute Gasteiger partial charge is 0.122 e. The van der Waals surface area contributed by atoms with E-state index in [1.165, 1.54) is 35.1 Å². The number of unbranched alkanes of at least 4 members (excludes halogenated alkanes) is 1. The molecule has 0 N–H and O–H groups in total. The zero-order valence-corrected chi connectivity index (χ0v) is 19.8. The van der Waals surface area contributed by atoms with Crippen LogP contribution in [0.2, 0.25) is 0 Å². The molecule has 2 aromatic rings. The van der Waals surface area contributed by atoms with Crippen LogP contribution in [0.25, 0.3) is 0 Å². The molecule has 160 valence electrons. The molecular formula is C27H40O2. The molecule has 29 heavy (non-hydrogen) atoms. The summed E-state index contributed by atoms with van der Waals surface area (Å²) in [5.41, 5.74) is 5.53. The first-order valence-electron chi connectivity index (χ1n) is 11.0. The summed E-state index contributed by atoms with van der Waals surface area (Å²) in [5, 5.41) is 0. The third-order valence-electron chi connectivity index (χ3n) is 6.13. The third-order valence-corrected chi connectivity index (χ3v) is 6.13. The first-order chi connectivity index (χ1) is 13.6. The van der Waals surface area contributed by atoms with Crippen LogP contribution in [0.4, 0.5) is 0 Å². The molecule has 0 saturated heterocycles. The van der Waals surface area contributed by atoms with Crippen molar-refractivity contribution in [1.82, 2.24) is 0 Å². The summed E-state index contributed by atoms with van der Waals surface area (Å²) in [6, 6.07) is 13.5. The average molecular weight is 397 g/mol. The highest BCUT2D eigenvalue weighted by atomic mass is 16.5. The Hall–Kier alpha value is -1.96. The van der Waals surface area contributed by atoms with Gasteiger partial charge in [-0.2, -0.15) is 0 Å². The second kappa shape index (κ2) is 9.69. The van der Waals surface area contributed by atoms with E-state index in [2.05, 4.69) is 77.9 Å². The molecule has 0 saturated carbocycles. The number of hydrogen-bond donors (Lipinski definition) is 0. The van der Waals surface area contributed by atoms with Crippen molar-refractivity contribution in [1.29, 1.82) is 0 Å². The Bertz CT molecular complexity index is 797. The van der Waals surface area contributed by atoms with E-state index in [9.17, 15) is 0 Å². The van der Waals surface area contributed by atoms with Crippen molar-refractivity contribution in [3.8, 4) is 11.5 Å². The van der Waals surface area contributed by atoms with Crippen LogP contribution < -0.4 is 9.47 Å². The van der Waals surface area contributed by atoms with E-state index in [0.717, 1.165) is 30.8 Å². The normalized spacial score (nSPS) is 12.1. The minimum Gasteiger partial charge on any atom is -0.496 e. The molecule has 0 aliphatic rings. The molecule has 0 atom stereocenters. The average Bonchev–Trinajstić information content (AvgIpc) is 2.69. The predicted molar refractivity (Wildman–Crippen MR) is 125 cm³/mol. The van der Waals surface area contributed by atoms with Gasteiger partial charge in [0.2, 0.25) is 0 Å². The number of benzene rings is 2. The zero-order valence-electron chi connectivity index (χ0n) is 19.8. The molecule has 0 amide bonds. The van der Waals surface area contributed by atoms with Gasteiger partial charge in [-0.3, -0.25) is 0 Å². The van der Waals surface area contributed by atoms with Gasteiger partial charge in [0.15, 0.2) is 0 Å². The summed E-state index contributed by atoms with van der Waals surface area (Å²) in [6.45, 7) is 13.5. The molecule has 0 aromatic heterocycles. The monoisotopic (exact) mass is 396 g/mol. The van der Waals surface area contributed by atoms with Gasteiger partial charge in [-0.15, -0.1) is 0 Å². The van der Waals surface area contributed by atoms with Gasteiger partial charge in [-0.05, 0) is 77.3 Å². The van der Waals surface area contributed by atoms with E-state index in [0.29, 0.717) is 0 Å². The molecule has 0 spiro atoms. The SMILES string of the molecule is CCC(C)(C)c1ccc(CCCCc2ccc(C(C)(C)C)c(OC)c2)cc1OC. The van der Waals surface area contributed by atoms with Crippen molar-refractivity contribution in [2.75, 3.05) is 14.2 Å². The summed E-state index contributed by atoms with van der Waals surface area (Å²) in [4.78, 5) is 0. The highest BCUT2D eigenvalue weighted by Crippen LogP contribution is 2.35. The Kier molecular flexibility index (Phi) is 7.80. The Balaban J connectivity index is 1.97. The van der Waals surface area contributed by atoms with Crippen molar-refractivity contribution in [2.24, 2.45) is 0 Å². The van der Waals surface area contributed by atoms with Crippen LogP contribution in [-0.4, -0.2) is 14.2 Å². The van der Waals surface area contributed by atoms with Gasteiger partial charge in [-0.25, -0.2) is 0 Å². The lowest BCUT2D eigenvalue weighted by Crippen LogP contribution is -2.16. The van der Waals surface area contributed by atoms with Crippen LogP contribution in [0.5, 0.6) is 11.5 Å². The molecule has 0 unspecified atom stereocenters. The predicted octanol–water partition coefficient (Wildman–Crippen LogP) is 7.25. The van der Waals surface area contributed by atoms with Gasteiger partial charge >= 0.3 is 0 Å². The molecule has 2 nitrogen and oxygen atoms in total. The summed E-state index contributed by atoms with van der Waals surface area (Å²) >= 11 is 0. The number of hydrogen-bond acceptors (Lipinski definition) is 2. The topological polar surface area (TPSA) is 18.5 Å². The quantitative estimate of drug-likeness (QED) is 0.415. The van der Waals surface area contributed by atoms with Crippen LogP contribution in [-0.2, 0) is 23.7 Å². The molecule has 0 heterocycles. The Morgan fingerprint density at radius 2 is 1.14 bits per heavy atom. The molecular weight excluding hydrogens is 356 g/mol. The Morgan fingerprint density at radius 1 is 0.690 bits per heavy atom. The second-order valence-corrected chi connectivity index (χ2v) is 9.76. The first-order valence-corrected chi connectivity index (χ1v) is 11.0. The van der Waals surface area contributed by atoms with Crippen molar-refractivity contribution < 1.29 is 9.47 Å².